The highest BCUT2D eigenvalue weighted by Crippen LogP contribution is 2.20. The number of carbonyl (C=O) groups excluding carboxylic acids is 1. The summed E-state index contributed by atoms with van der Waals surface area (Å²) in [5, 5.41) is 0.699. The summed E-state index contributed by atoms with van der Waals surface area (Å²) in [6, 6.07) is 4.69. The zero-order chi connectivity index (χ0) is 16.4. The Bertz CT molecular complexity index is 768. The molecule has 1 unspecified atom stereocenters. The second-order valence-electron chi connectivity index (χ2n) is 5.39. The number of carbonyl (C=O) groups is 1. The van der Waals surface area contributed by atoms with Gasteiger partial charge in [-0.05, 0) is 19.1 Å². The molecule has 0 aliphatic heterocycles. The Balaban J connectivity index is 2.57. The van der Waals surface area contributed by atoms with E-state index in [2.05, 4.69) is 4.98 Å². The molecular formula is C15H19ClN4O2. The largest absolute Gasteiger partial charge is 0.349 e. The fourth-order valence-electron chi connectivity index (χ4n) is 2.24. The highest BCUT2D eigenvalue weighted by atomic mass is 35.5. The first kappa shape index (κ1) is 16.5. The standard InChI is InChI=1S/C15H19ClN4O2/c1-9(17)14-18-11-6-4-5-10(16)13(11)15(22)20(14)8-7-12(21)19(2)3/h4-6,9H,7-8,17H2,1-3H3. The van der Waals surface area contributed by atoms with E-state index in [-0.39, 0.29) is 24.4 Å². The molecule has 1 atom stereocenters. The summed E-state index contributed by atoms with van der Waals surface area (Å²) in [6.07, 6.45) is 0.199. The molecule has 2 N–H and O–H groups in total. The van der Waals surface area contributed by atoms with E-state index in [1.54, 1.807) is 39.2 Å². The van der Waals surface area contributed by atoms with Gasteiger partial charge >= 0.3 is 0 Å². The highest BCUT2D eigenvalue weighted by Gasteiger charge is 2.17. The molecule has 2 aromatic rings. The van der Waals surface area contributed by atoms with E-state index in [0.717, 1.165) is 0 Å². The Morgan fingerprint density at radius 1 is 1.45 bits per heavy atom. The van der Waals surface area contributed by atoms with Gasteiger partial charge in [-0.3, -0.25) is 14.2 Å². The van der Waals surface area contributed by atoms with Crippen LogP contribution in [-0.4, -0.2) is 34.5 Å². The molecule has 1 aromatic heterocycles. The Hall–Kier alpha value is -1.92. The lowest BCUT2D eigenvalue weighted by molar-refractivity contribution is -0.128. The van der Waals surface area contributed by atoms with E-state index in [1.165, 1.54) is 9.47 Å². The predicted octanol–water partition coefficient (Wildman–Crippen LogP) is 1.55. The van der Waals surface area contributed by atoms with Crippen molar-refractivity contribution in [3.63, 3.8) is 0 Å². The van der Waals surface area contributed by atoms with Gasteiger partial charge in [0, 0.05) is 27.1 Å². The maximum absolute atomic E-state index is 12.7. The van der Waals surface area contributed by atoms with Gasteiger partial charge < -0.3 is 10.6 Å². The van der Waals surface area contributed by atoms with Gasteiger partial charge in [-0.25, -0.2) is 4.98 Å². The van der Waals surface area contributed by atoms with Crippen molar-refractivity contribution >= 4 is 28.4 Å². The number of hydrogen-bond acceptors (Lipinski definition) is 4. The first-order valence-corrected chi connectivity index (χ1v) is 7.35. The molecule has 0 saturated carbocycles. The molecule has 0 spiro atoms. The first-order chi connectivity index (χ1) is 10.3. The van der Waals surface area contributed by atoms with Crippen molar-refractivity contribution in [1.82, 2.24) is 14.5 Å². The van der Waals surface area contributed by atoms with Crippen LogP contribution in [0.2, 0.25) is 5.02 Å². The minimum absolute atomic E-state index is 0.0678. The van der Waals surface area contributed by atoms with Gasteiger partial charge in [0.2, 0.25) is 5.91 Å². The van der Waals surface area contributed by atoms with Crippen LogP contribution in [0.1, 0.15) is 25.2 Å². The van der Waals surface area contributed by atoms with E-state index < -0.39 is 6.04 Å². The number of nitrogens with two attached hydrogens (primary N) is 1. The summed E-state index contributed by atoms with van der Waals surface area (Å²) in [5.41, 5.74) is 6.17. The van der Waals surface area contributed by atoms with Gasteiger partial charge in [-0.2, -0.15) is 0 Å². The van der Waals surface area contributed by atoms with Crippen LogP contribution in [0.25, 0.3) is 10.9 Å². The molecular weight excluding hydrogens is 304 g/mol. The van der Waals surface area contributed by atoms with Crippen LogP contribution in [0.5, 0.6) is 0 Å². The van der Waals surface area contributed by atoms with E-state index in [1.807, 2.05) is 0 Å². The van der Waals surface area contributed by atoms with Crippen molar-refractivity contribution in [1.29, 1.82) is 0 Å². The summed E-state index contributed by atoms with van der Waals surface area (Å²) >= 11 is 6.12. The monoisotopic (exact) mass is 322 g/mol. The number of fused-ring (bicyclic) bond motifs is 1. The normalized spacial score (nSPS) is 12.4. The zero-order valence-corrected chi connectivity index (χ0v) is 13.6. The van der Waals surface area contributed by atoms with Crippen LogP contribution < -0.4 is 11.3 Å². The molecule has 0 radical (unpaired) electrons. The molecule has 6 nitrogen and oxygen atoms in total. The predicted molar refractivity (Wildman–Crippen MR) is 86.9 cm³/mol. The average Bonchev–Trinajstić information content (AvgIpc) is 2.45. The van der Waals surface area contributed by atoms with Crippen LogP contribution in [0.3, 0.4) is 0 Å². The lowest BCUT2D eigenvalue weighted by Crippen LogP contribution is -2.31. The van der Waals surface area contributed by atoms with Crippen molar-refractivity contribution in [2.75, 3.05) is 14.1 Å². The molecule has 1 aromatic carbocycles. The minimum Gasteiger partial charge on any atom is -0.349 e. The molecule has 0 fully saturated rings. The van der Waals surface area contributed by atoms with E-state index in [9.17, 15) is 9.59 Å². The topological polar surface area (TPSA) is 81.2 Å². The number of halogens is 1. The third-order valence-electron chi connectivity index (χ3n) is 3.42. The smallest absolute Gasteiger partial charge is 0.262 e. The molecule has 118 valence electrons. The van der Waals surface area contributed by atoms with Gasteiger partial charge in [-0.15, -0.1) is 0 Å². The maximum atomic E-state index is 12.7. The fraction of sp³-hybridized carbons (Fsp3) is 0.400. The van der Waals surface area contributed by atoms with Crippen molar-refractivity contribution in [3.8, 4) is 0 Å². The summed E-state index contributed by atoms with van der Waals surface area (Å²) < 4.78 is 1.44. The van der Waals surface area contributed by atoms with Crippen molar-refractivity contribution in [2.45, 2.75) is 25.9 Å². The number of hydrogen-bond donors (Lipinski definition) is 1. The molecule has 1 amide bonds. The third kappa shape index (κ3) is 3.13. The number of benzene rings is 1. The van der Waals surface area contributed by atoms with Crippen LogP contribution in [0, 0.1) is 0 Å². The van der Waals surface area contributed by atoms with E-state index >= 15 is 0 Å². The summed E-state index contributed by atoms with van der Waals surface area (Å²) in [4.78, 5) is 30.4. The molecule has 22 heavy (non-hydrogen) atoms. The SMILES string of the molecule is CC(N)c1nc2cccc(Cl)c2c(=O)n1CCC(=O)N(C)C. The number of nitrogens with zero attached hydrogens (tertiary/aromatic N) is 3. The number of amides is 1. The van der Waals surface area contributed by atoms with Gasteiger partial charge in [0.1, 0.15) is 5.82 Å². The molecule has 2 rings (SSSR count). The van der Waals surface area contributed by atoms with E-state index in [4.69, 9.17) is 17.3 Å². The molecule has 0 saturated heterocycles. The molecule has 0 bridgehead atoms. The molecule has 1 heterocycles. The van der Waals surface area contributed by atoms with Crippen LogP contribution in [-0.2, 0) is 11.3 Å². The van der Waals surface area contributed by atoms with Crippen LogP contribution in [0.15, 0.2) is 23.0 Å². The van der Waals surface area contributed by atoms with Crippen molar-refractivity contribution in [3.05, 3.63) is 39.4 Å². The summed E-state index contributed by atoms with van der Waals surface area (Å²) in [5.74, 6) is 0.383. The Morgan fingerprint density at radius 3 is 2.73 bits per heavy atom. The minimum atomic E-state index is -0.425. The Kier molecular flexibility index (Phi) is 4.83. The quantitative estimate of drug-likeness (QED) is 0.926. The van der Waals surface area contributed by atoms with Crippen molar-refractivity contribution in [2.24, 2.45) is 5.73 Å². The first-order valence-electron chi connectivity index (χ1n) is 6.97. The van der Waals surface area contributed by atoms with Gasteiger partial charge in [0.05, 0.1) is 22.0 Å². The summed E-state index contributed by atoms with van der Waals surface area (Å²) in [7, 11) is 3.35. The highest BCUT2D eigenvalue weighted by molar-refractivity contribution is 6.35. The zero-order valence-electron chi connectivity index (χ0n) is 12.8. The third-order valence-corrected chi connectivity index (χ3v) is 3.73. The molecule has 7 heteroatoms. The molecule has 0 aliphatic carbocycles. The number of rotatable bonds is 4. The van der Waals surface area contributed by atoms with Crippen LogP contribution >= 0.6 is 11.6 Å². The van der Waals surface area contributed by atoms with Gasteiger partial charge in [-0.1, -0.05) is 17.7 Å². The lowest BCUT2D eigenvalue weighted by Gasteiger charge is -2.17. The average molecular weight is 323 g/mol. The van der Waals surface area contributed by atoms with Crippen molar-refractivity contribution < 1.29 is 4.79 Å². The van der Waals surface area contributed by atoms with Crippen LogP contribution in [0.4, 0.5) is 0 Å². The fourth-order valence-corrected chi connectivity index (χ4v) is 2.49. The second kappa shape index (κ2) is 6.46. The van der Waals surface area contributed by atoms with Gasteiger partial charge in [0.15, 0.2) is 0 Å². The lowest BCUT2D eigenvalue weighted by atomic mass is 10.2. The number of aromatic nitrogens is 2. The summed E-state index contributed by atoms with van der Waals surface area (Å²) in [6.45, 7) is 1.98. The Morgan fingerprint density at radius 2 is 2.14 bits per heavy atom. The molecule has 0 aliphatic rings. The van der Waals surface area contributed by atoms with Gasteiger partial charge in [0.25, 0.3) is 5.56 Å². The van der Waals surface area contributed by atoms with E-state index in [0.29, 0.717) is 21.7 Å². The maximum Gasteiger partial charge on any atom is 0.262 e. The Labute approximate surface area is 133 Å². The second-order valence-corrected chi connectivity index (χ2v) is 5.79.